The smallest absolute Gasteiger partial charge is 0.0678 e. The Morgan fingerprint density at radius 1 is 1.07 bits per heavy atom. The summed E-state index contributed by atoms with van der Waals surface area (Å²) >= 11 is 13.8. The fourth-order valence-corrected chi connectivity index (χ4v) is 2.63. The van der Waals surface area contributed by atoms with Crippen molar-refractivity contribution in [1.29, 1.82) is 0 Å². The molecule has 72 valence electrons. The van der Waals surface area contributed by atoms with Crippen molar-refractivity contribution in [2.24, 2.45) is 0 Å². The summed E-state index contributed by atoms with van der Waals surface area (Å²) in [5, 5.41) is 1.24. The van der Waals surface area contributed by atoms with Crippen LogP contribution in [0.2, 0.25) is 10.0 Å². The van der Waals surface area contributed by atoms with Crippen molar-refractivity contribution in [2.45, 2.75) is 6.92 Å². The van der Waals surface area contributed by atoms with Crippen LogP contribution in [0.25, 0.3) is 10.4 Å². The van der Waals surface area contributed by atoms with Crippen LogP contribution in [0.4, 0.5) is 0 Å². The molecule has 0 bridgehead atoms. The Morgan fingerprint density at radius 2 is 1.86 bits per heavy atom. The first-order chi connectivity index (χ1) is 6.68. The molecule has 0 nitrogen and oxygen atoms in total. The van der Waals surface area contributed by atoms with E-state index < -0.39 is 0 Å². The van der Waals surface area contributed by atoms with Gasteiger partial charge in [-0.05, 0) is 25.1 Å². The molecule has 0 aliphatic carbocycles. The maximum absolute atomic E-state index is 6.11. The average Bonchev–Trinajstić information content (AvgIpc) is 2.57. The Hall–Kier alpha value is -0.500. The molecule has 0 atom stereocenters. The summed E-state index contributed by atoms with van der Waals surface area (Å²) in [5.41, 5.74) is 1.01. The van der Waals surface area contributed by atoms with Gasteiger partial charge in [0.1, 0.15) is 0 Å². The van der Waals surface area contributed by atoms with Gasteiger partial charge in [-0.15, -0.1) is 11.3 Å². The fourth-order valence-electron chi connectivity index (χ4n) is 1.27. The van der Waals surface area contributed by atoms with E-state index in [0.29, 0.717) is 10.0 Å². The van der Waals surface area contributed by atoms with Crippen LogP contribution in [0.1, 0.15) is 4.88 Å². The van der Waals surface area contributed by atoms with Gasteiger partial charge in [-0.25, -0.2) is 0 Å². The van der Waals surface area contributed by atoms with Crippen LogP contribution >= 0.6 is 34.5 Å². The molecule has 0 N–H and O–H groups in total. The molecule has 0 unspecified atom stereocenters. The maximum Gasteiger partial charge on any atom is 0.0678 e. The lowest BCUT2D eigenvalue weighted by molar-refractivity contribution is 1.64. The van der Waals surface area contributed by atoms with E-state index in [1.807, 2.05) is 12.1 Å². The third-order valence-electron chi connectivity index (χ3n) is 1.96. The van der Waals surface area contributed by atoms with Crippen molar-refractivity contribution in [1.82, 2.24) is 0 Å². The first-order valence-corrected chi connectivity index (χ1v) is 5.76. The average molecular weight is 243 g/mol. The molecule has 0 saturated carbocycles. The van der Waals surface area contributed by atoms with Gasteiger partial charge in [0.05, 0.1) is 10.0 Å². The predicted molar refractivity (Wildman–Crippen MR) is 64.5 cm³/mol. The Morgan fingerprint density at radius 3 is 2.50 bits per heavy atom. The van der Waals surface area contributed by atoms with Gasteiger partial charge in [-0.1, -0.05) is 35.3 Å². The molecule has 0 aliphatic heterocycles. The largest absolute Gasteiger partial charge is 0.141 e. The lowest BCUT2D eigenvalue weighted by Crippen LogP contribution is -1.75. The Balaban J connectivity index is 2.57. The van der Waals surface area contributed by atoms with E-state index in [1.54, 1.807) is 17.4 Å². The summed E-state index contributed by atoms with van der Waals surface area (Å²) in [6.45, 7) is 2.08. The van der Waals surface area contributed by atoms with Crippen molar-refractivity contribution < 1.29 is 0 Å². The normalized spacial score (nSPS) is 10.5. The second kappa shape index (κ2) is 3.93. The van der Waals surface area contributed by atoms with E-state index >= 15 is 0 Å². The van der Waals surface area contributed by atoms with E-state index in [-0.39, 0.29) is 0 Å². The van der Waals surface area contributed by atoms with E-state index in [4.69, 9.17) is 23.2 Å². The highest BCUT2D eigenvalue weighted by molar-refractivity contribution is 7.15. The lowest BCUT2D eigenvalue weighted by atomic mass is 10.2. The second-order valence-corrected chi connectivity index (χ2v) is 5.08. The molecular formula is C11H8Cl2S. The van der Waals surface area contributed by atoms with Crippen LogP contribution in [-0.2, 0) is 0 Å². The third kappa shape index (κ3) is 1.81. The van der Waals surface area contributed by atoms with Crippen LogP contribution in [0.5, 0.6) is 0 Å². The molecule has 2 aromatic rings. The molecule has 2 rings (SSSR count). The van der Waals surface area contributed by atoms with Crippen molar-refractivity contribution in [3.8, 4) is 10.4 Å². The SMILES string of the molecule is Cc1ccc(-c2cccc(Cl)c2Cl)s1. The van der Waals surface area contributed by atoms with E-state index in [9.17, 15) is 0 Å². The summed E-state index contributed by atoms with van der Waals surface area (Å²) in [6.07, 6.45) is 0. The Kier molecular flexibility index (Phi) is 2.82. The summed E-state index contributed by atoms with van der Waals surface area (Å²) in [4.78, 5) is 2.44. The van der Waals surface area contributed by atoms with Gasteiger partial charge in [0.2, 0.25) is 0 Å². The van der Waals surface area contributed by atoms with Crippen molar-refractivity contribution >= 4 is 34.5 Å². The highest BCUT2D eigenvalue weighted by Gasteiger charge is 2.07. The van der Waals surface area contributed by atoms with Gasteiger partial charge in [0, 0.05) is 15.3 Å². The molecule has 0 spiro atoms. The van der Waals surface area contributed by atoms with Crippen molar-refractivity contribution in [2.75, 3.05) is 0 Å². The number of thiophene rings is 1. The zero-order chi connectivity index (χ0) is 10.1. The molecule has 3 heteroatoms. The van der Waals surface area contributed by atoms with Crippen LogP contribution in [-0.4, -0.2) is 0 Å². The van der Waals surface area contributed by atoms with Crippen LogP contribution in [0.3, 0.4) is 0 Å². The highest BCUT2D eigenvalue weighted by Crippen LogP contribution is 2.36. The molecule has 0 radical (unpaired) electrons. The summed E-state index contributed by atoms with van der Waals surface area (Å²) in [7, 11) is 0. The topological polar surface area (TPSA) is 0 Å². The highest BCUT2D eigenvalue weighted by atomic mass is 35.5. The minimum Gasteiger partial charge on any atom is -0.141 e. The molecule has 0 aliphatic rings. The van der Waals surface area contributed by atoms with E-state index in [2.05, 4.69) is 19.1 Å². The van der Waals surface area contributed by atoms with Gasteiger partial charge < -0.3 is 0 Å². The molecule has 0 saturated heterocycles. The van der Waals surface area contributed by atoms with Gasteiger partial charge in [0.15, 0.2) is 0 Å². The standard InChI is InChI=1S/C11H8Cl2S/c1-7-5-6-10(14-7)8-3-2-4-9(12)11(8)13/h2-6H,1H3. The first kappa shape index (κ1) is 10.0. The Labute approximate surface area is 97.1 Å². The number of hydrogen-bond donors (Lipinski definition) is 0. The molecule has 1 aromatic heterocycles. The maximum atomic E-state index is 6.11. The van der Waals surface area contributed by atoms with Crippen molar-refractivity contribution in [3.05, 3.63) is 45.3 Å². The molecule has 1 aromatic carbocycles. The third-order valence-corrected chi connectivity index (χ3v) is 3.81. The zero-order valence-corrected chi connectivity index (χ0v) is 9.88. The quantitative estimate of drug-likeness (QED) is 0.658. The first-order valence-electron chi connectivity index (χ1n) is 4.19. The molecular weight excluding hydrogens is 235 g/mol. The van der Waals surface area contributed by atoms with Gasteiger partial charge in [0.25, 0.3) is 0 Å². The number of aryl methyl sites for hydroxylation is 1. The summed E-state index contributed by atoms with van der Waals surface area (Å²) < 4.78 is 0. The zero-order valence-electron chi connectivity index (χ0n) is 7.55. The monoisotopic (exact) mass is 242 g/mol. The number of hydrogen-bond acceptors (Lipinski definition) is 1. The molecule has 0 amide bonds. The van der Waals surface area contributed by atoms with Crippen LogP contribution in [0.15, 0.2) is 30.3 Å². The van der Waals surface area contributed by atoms with E-state index in [1.165, 1.54) is 4.88 Å². The number of rotatable bonds is 1. The van der Waals surface area contributed by atoms with Crippen LogP contribution < -0.4 is 0 Å². The van der Waals surface area contributed by atoms with Crippen LogP contribution in [0, 0.1) is 6.92 Å². The summed E-state index contributed by atoms with van der Waals surface area (Å²) in [6, 6.07) is 9.85. The number of halogens is 2. The van der Waals surface area contributed by atoms with Gasteiger partial charge in [-0.2, -0.15) is 0 Å². The minimum absolute atomic E-state index is 0.607. The van der Waals surface area contributed by atoms with Gasteiger partial charge >= 0.3 is 0 Å². The second-order valence-electron chi connectivity index (χ2n) is 3.01. The van der Waals surface area contributed by atoms with Crippen molar-refractivity contribution in [3.63, 3.8) is 0 Å². The van der Waals surface area contributed by atoms with E-state index in [0.717, 1.165) is 10.4 Å². The Bertz CT molecular complexity index is 460. The predicted octanol–water partition coefficient (Wildman–Crippen LogP) is 5.03. The lowest BCUT2D eigenvalue weighted by Gasteiger charge is -2.02. The van der Waals surface area contributed by atoms with Gasteiger partial charge in [-0.3, -0.25) is 0 Å². The molecule has 0 fully saturated rings. The molecule has 14 heavy (non-hydrogen) atoms. The molecule has 1 heterocycles. The number of benzene rings is 1. The minimum atomic E-state index is 0.607. The summed E-state index contributed by atoms with van der Waals surface area (Å²) in [5.74, 6) is 0. The fraction of sp³-hybridized carbons (Fsp3) is 0.0909.